The average Bonchev–Trinajstić information content (AvgIpc) is 2.74. The van der Waals surface area contributed by atoms with Crippen LogP contribution in [-0.4, -0.2) is 26.6 Å². The lowest BCUT2D eigenvalue weighted by molar-refractivity contribution is 0.401. The van der Waals surface area contributed by atoms with Gasteiger partial charge in [0.15, 0.2) is 10.4 Å². The molecule has 0 aliphatic carbocycles. The Morgan fingerprint density at radius 3 is 2.95 bits per heavy atom. The smallest absolute Gasteiger partial charge is 0.242 e. The summed E-state index contributed by atoms with van der Waals surface area (Å²) in [6.45, 7) is 0. The summed E-state index contributed by atoms with van der Waals surface area (Å²) in [4.78, 5) is 11.3. The van der Waals surface area contributed by atoms with Gasteiger partial charge in [0.05, 0.1) is 12.8 Å². The SMILES string of the molecule is COc1ncnc2c1[nH]c(=S)n2-c1cccc(Cl)c1. The van der Waals surface area contributed by atoms with E-state index in [1.807, 2.05) is 18.2 Å². The van der Waals surface area contributed by atoms with Gasteiger partial charge in [0.2, 0.25) is 5.88 Å². The van der Waals surface area contributed by atoms with E-state index in [-0.39, 0.29) is 0 Å². The van der Waals surface area contributed by atoms with Gasteiger partial charge in [-0.25, -0.2) is 4.98 Å². The van der Waals surface area contributed by atoms with Gasteiger partial charge >= 0.3 is 0 Å². The molecule has 1 aromatic carbocycles. The zero-order valence-corrected chi connectivity index (χ0v) is 11.5. The van der Waals surface area contributed by atoms with Crippen molar-refractivity contribution in [3.63, 3.8) is 0 Å². The molecule has 19 heavy (non-hydrogen) atoms. The Kier molecular flexibility index (Phi) is 2.96. The lowest BCUT2D eigenvalue weighted by Gasteiger charge is -2.04. The fourth-order valence-corrected chi connectivity index (χ4v) is 2.39. The molecule has 0 aliphatic rings. The first-order valence-electron chi connectivity index (χ1n) is 5.46. The Hall–Kier alpha value is -1.92. The standard InChI is InChI=1S/C12H9ClN4OS/c1-18-11-9-10(14-6-15-11)17(12(19)16-9)8-4-2-3-7(13)5-8/h2-6H,1H3,(H,16,19). The zero-order chi connectivity index (χ0) is 13.4. The molecule has 0 atom stereocenters. The number of halogens is 1. The van der Waals surface area contributed by atoms with Gasteiger partial charge < -0.3 is 9.72 Å². The van der Waals surface area contributed by atoms with Crippen molar-refractivity contribution in [1.29, 1.82) is 0 Å². The number of hydrogen-bond acceptors (Lipinski definition) is 4. The van der Waals surface area contributed by atoms with Crippen LogP contribution >= 0.6 is 23.8 Å². The molecule has 0 amide bonds. The van der Waals surface area contributed by atoms with Crippen LogP contribution in [0.2, 0.25) is 5.02 Å². The fourth-order valence-electron chi connectivity index (χ4n) is 1.91. The third-order valence-electron chi connectivity index (χ3n) is 2.70. The largest absolute Gasteiger partial charge is 0.479 e. The van der Waals surface area contributed by atoms with Gasteiger partial charge in [-0.2, -0.15) is 4.98 Å². The highest BCUT2D eigenvalue weighted by Crippen LogP contribution is 2.24. The molecule has 0 unspecified atom stereocenters. The van der Waals surface area contributed by atoms with Crippen LogP contribution in [0.25, 0.3) is 16.9 Å². The van der Waals surface area contributed by atoms with E-state index in [9.17, 15) is 0 Å². The molecule has 2 heterocycles. The Bertz CT molecular complexity index is 811. The predicted molar refractivity (Wildman–Crippen MR) is 75.6 cm³/mol. The van der Waals surface area contributed by atoms with Crippen LogP contribution in [-0.2, 0) is 0 Å². The second kappa shape index (κ2) is 4.64. The van der Waals surface area contributed by atoms with Crippen molar-refractivity contribution in [2.24, 2.45) is 0 Å². The molecular formula is C12H9ClN4OS. The normalized spacial score (nSPS) is 10.8. The summed E-state index contributed by atoms with van der Waals surface area (Å²) >= 11 is 11.3. The molecule has 0 aliphatic heterocycles. The first kappa shape index (κ1) is 12.1. The molecule has 5 nitrogen and oxygen atoms in total. The highest BCUT2D eigenvalue weighted by molar-refractivity contribution is 7.71. The molecule has 1 N–H and O–H groups in total. The van der Waals surface area contributed by atoms with Gasteiger partial charge in [0, 0.05) is 5.02 Å². The first-order chi connectivity index (χ1) is 9.20. The first-order valence-corrected chi connectivity index (χ1v) is 6.25. The zero-order valence-electron chi connectivity index (χ0n) is 9.92. The number of ether oxygens (including phenoxy) is 1. The number of benzene rings is 1. The molecule has 0 saturated carbocycles. The van der Waals surface area contributed by atoms with Crippen LogP contribution in [0.15, 0.2) is 30.6 Å². The molecule has 2 aromatic heterocycles. The second-order valence-electron chi connectivity index (χ2n) is 3.83. The van der Waals surface area contributed by atoms with Crippen molar-refractivity contribution >= 4 is 35.0 Å². The van der Waals surface area contributed by atoms with Crippen molar-refractivity contribution in [3.05, 3.63) is 40.4 Å². The summed E-state index contributed by atoms with van der Waals surface area (Å²) < 4.78 is 7.49. The average molecular weight is 293 g/mol. The van der Waals surface area contributed by atoms with E-state index in [4.69, 9.17) is 28.6 Å². The van der Waals surface area contributed by atoms with Crippen LogP contribution in [0.1, 0.15) is 0 Å². The van der Waals surface area contributed by atoms with Crippen LogP contribution < -0.4 is 4.74 Å². The van der Waals surface area contributed by atoms with Crippen molar-refractivity contribution < 1.29 is 4.74 Å². The van der Waals surface area contributed by atoms with E-state index in [0.29, 0.717) is 26.8 Å². The van der Waals surface area contributed by atoms with Crippen LogP contribution in [0.4, 0.5) is 0 Å². The van der Waals surface area contributed by atoms with Crippen LogP contribution in [0, 0.1) is 4.77 Å². The van der Waals surface area contributed by atoms with E-state index < -0.39 is 0 Å². The molecule has 0 fully saturated rings. The number of fused-ring (bicyclic) bond motifs is 1. The quantitative estimate of drug-likeness (QED) is 0.737. The van der Waals surface area contributed by atoms with Gasteiger partial charge in [-0.3, -0.25) is 4.57 Å². The molecule has 0 spiro atoms. The molecule has 0 radical (unpaired) electrons. The van der Waals surface area contributed by atoms with E-state index in [1.54, 1.807) is 17.7 Å². The lowest BCUT2D eigenvalue weighted by Crippen LogP contribution is -1.96. The summed E-state index contributed by atoms with van der Waals surface area (Å²) in [6.07, 6.45) is 1.44. The summed E-state index contributed by atoms with van der Waals surface area (Å²) in [5.74, 6) is 0.455. The molecule has 96 valence electrons. The number of nitrogens with one attached hydrogen (secondary N) is 1. The van der Waals surface area contributed by atoms with Gasteiger partial charge in [0.25, 0.3) is 0 Å². The number of methoxy groups -OCH3 is 1. The second-order valence-corrected chi connectivity index (χ2v) is 4.65. The van der Waals surface area contributed by atoms with E-state index in [0.717, 1.165) is 5.69 Å². The monoisotopic (exact) mass is 292 g/mol. The van der Waals surface area contributed by atoms with Crippen LogP contribution in [0.3, 0.4) is 0 Å². The van der Waals surface area contributed by atoms with Gasteiger partial charge in [-0.1, -0.05) is 17.7 Å². The Labute approximate surface area is 118 Å². The van der Waals surface area contributed by atoms with Crippen molar-refractivity contribution in [3.8, 4) is 11.6 Å². The topological polar surface area (TPSA) is 55.7 Å². The number of hydrogen-bond donors (Lipinski definition) is 1. The van der Waals surface area contributed by atoms with Crippen LogP contribution in [0.5, 0.6) is 5.88 Å². The van der Waals surface area contributed by atoms with Crippen molar-refractivity contribution in [2.75, 3.05) is 7.11 Å². The number of rotatable bonds is 2. The van der Waals surface area contributed by atoms with Gasteiger partial charge in [-0.15, -0.1) is 0 Å². The number of nitrogens with zero attached hydrogens (tertiary/aromatic N) is 3. The van der Waals surface area contributed by atoms with Crippen molar-refractivity contribution in [2.45, 2.75) is 0 Å². The summed E-state index contributed by atoms with van der Waals surface area (Å²) in [5.41, 5.74) is 2.15. The molecule has 0 bridgehead atoms. The number of H-pyrrole nitrogens is 1. The maximum Gasteiger partial charge on any atom is 0.242 e. The van der Waals surface area contributed by atoms with Gasteiger partial charge in [-0.05, 0) is 30.4 Å². The Morgan fingerprint density at radius 1 is 1.37 bits per heavy atom. The maximum atomic E-state index is 6.01. The highest BCUT2D eigenvalue weighted by atomic mass is 35.5. The summed E-state index contributed by atoms with van der Waals surface area (Å²) in [6, 6.07) is 7.39. The molecule has 3 rings (SSSR count). The van der Waals surface area contributed by atoms with E-state index >= 15 is 0 Å². The minimum absolute atomic E-state index is 0.455. The number of aromatic nitrogens is 4. The van der Waals surface area contributed by atoms with Crippen molar-refractivity contribution in [1.82, 2.24) is 19.5 Å². The number of aromatic amines is 1. The minimum Gasteiger partial charge on any atom is -0.479 e. The summed E-state index contributed by atoms with van der Waals surface area (Å²) in [7, 11) is 1.55. The Balaban J connectivity index is 2.36. The van der Waals surface area contributed by atoms with Gasteiger partial charge in [0.1, 0.15) is 11.8 Å². The van der Waals surface area contributed by atoms with E-state index in [1.165, 1.54) is 6.33 Å². The lowest BCUT2D eigenvalue weighted by atomic mass is 10.3. The number of imidazole rings is 1. The maximum absolute atomic E-state index is 6.01. The molecular weight excluding hydrogens is 284 g/mol. The predicted octanol–water partition coefficient (Wildman–Crippen LogP) is 3.14. The Morgan fingerprint density at radius 2 is 2.21 bits per heavy atom. The molecule has 0 saturated heterocycles. The third-order valence-corrected chi connectivity index (χ3v) is 3.22. The minimum atomic E-state index is 0.455. The third kappa shape index (κ3) is 1.98. The fraction of sp³-hybridized carbons (Fsp3) is 0.0833. The highest BCUT2D eigenvalue weighted by Gasteiger charge is 2.12. The van der Waals surface area contributed by atoms with E-state index in [2.05, 4.69) is 15.0 Å². The molecule has 7 heteroatoms. The summed E-state index contributed by atoms with van der Waals surface area (Å²) in [5, 5.41) is 0.634. The molecule has 3 aromatic rings.